The number of rotatable bonds is 4. The highest BCUT2D eigenvalue weighted by molar-refractivity contribution is 7.23. The zero-order chi connectivity index (χ0) is 20.4. The number of nitrogens with zero attached hydrogens (tertiary/aromatic N) is 4. The molecule has 0 atom stereocenters. The van der Waals surface area contributed by atoms with Crippen molar-refractivity contribution in [2.45, 2.75) is 0 Å². The van der Waals surface area contributed by atoms with Crippen molar-refractivity contribution in [3.8, 4) is 16.9 Å². The molecule has 0 fully saturated rings. The van der Waals surface area contributed by atoms with Gasteiger partial charge in [0.05, 0.1) is 11.8 Å². The van der Waals surface area contributed by atoms with E-state index in [1.54, 1.807) is 55.5 Å². The largest absolute Gasteiger partial charge is 0.494 e. The van der Waals surface area contributed by atoms with E-state index in [0.29, 0.717) is 10.9 Å². The molecule has 0 unspecified atom stereocenters. The molecule has 2 aromatic heterocycles. The van der Waals surface area contributed by atoms with Crippen molar-refractivity contribution < 1.29 is 9.53 Å². The average Bonchev–Trinajstić information content (AvgIpc) is 3.23. The summed E-state index contributed by atoms with van der Waals surface area (Å²) >= 11 is 1.47. The summed E-state index contributed by atoms with van der Waals surface area (Å²) < 4.78 is 6.50. The van der Waals surface area contributed by atoms with Crippen LogP contribution in [0.1, 0.15) is 0 Å². The van der Waals surface area contributed by atoms with Gasteiger partial charge in [-0.1, -0.05) is 41.7 Å². The van der Waals surface area contributed by atoms with Crippen LogP contribution in [-0.2, 0) is 0 Å². The van der Waals surface area contributed by atoms with Crippen molar-refractivity contribution in [1.29, 1.82) is 0 Å². The number of carbonyl (C=O) groups excluding carboxylic acids is 1. The number of fused-ring (bicyclic) bond motifs is 1. The molecule has 0 bridgehead atoms. The van der Waals surface area contributed by atoms with Gasteiger partial charge in [-0.3, -0.25) is 14.8 Å². The lowest BCUT2D eigenvalue weighted by molar-refractivity contribution is 0.253. The Hall–Kier alpha value is -3.16. The number of thiazole rings is 1. The van der Waals surface area contributed by atoms with Gasteiger partial charge < -0.3 is 4.74 Å². The van der Waals surface area contributed by atoms with Gasteiger partial charge in [-0.25, -0.2) is 9.78 Å². The van der Waals surface area contributed by atoms with Crippen LogP contribution in [0.2, 0.25) is 0 Å². The summed E-state index contributed by atoms with van der Waals surface area (Å²) in [6, 6.07) is 17.5. The van der Waals surface area contributed by atoms with E-state index >= 15 is 0 Å². The van der Waals surface area contributed by atoms with Crippen LogP contribution in [0.25, 0.3) is 21.3 Å². The van der Waals surface area contributed by atoms with Crippen LogP contribution in [0.5, 0.6) is 5.75 Å². The standard InChI is InChI=1S/C22H20N4O2S.ClH/c1-25(16-11-13-23-14-12-16)22(27)26(2)21-24-19-18(28-3)10-9-17(20(19)29-21)15-7-5-4-6-8-15;/h4-14H,1-3H3;1H. The fourth-order valence-corrected chi connectivity index (χ4v) is 4.18. The third-order valence-corrected chi connectivity index (χ3v) is 5.88. The number of benzene rings is 2. The fourth-order valence-electron chi connectivity index (χ4n) is 3.11. The molecule has 0 aliphatic heterocycles. The minimum absolute atomic E-state index is 0. The first kappa shape index (κ1) is 21.5. The third-order valence-electron chi connectivity index (χ3n) is 4.71. The van der Waals surface area contributed by atoms with Crippen molar-refractivity contribution in [2.24, 2.45) is 0 Å². The van der Waals surface area contributed by atoms with E-state index in [1.165, 1.54) is 11.3 Å². The minimum atomic E-state index is -0.185. The number of hydrogen-bond acceptors (Lipinski definition) is 5. The summed E-state index contributed by atoms with van der Waals surface area (Å²) in [5.41, 5.74) is 3.67. The number of ether oxygens (including phenoxy) is 1. The van der Waals surface area contributed by atoms with Gasteiger partial charge in [-0.15, -0.1) is 12.4 Å². The summed E-state index contributed by atoms with van der Waals surface area (Å²) in [6.45, 7) is 0. The Morgan fingerprint density at radius 2 is 1.67 bits per heavy atom. The Bertz CT molecular complexity index is 1150. The molecule has 0 aliphatic carbocycles. The lowest BCUT2D eigenvalue weighted by Crippen LogP contribution is -2.38. The van der Waals surface area contributed by atoms with Gasteiger partial charge in [0, 0.05) is 37.7 Å². The molecule has 6 nitrogen and oxygen atoms in total. The maximum Gasteiger partial charge on any atom is 0.330 e. The maximum absolute atomic E-state index is 13.0. The number of aromatic nitrogens is 2. The van der Waals surface area contributed by atoms with Crippen molar-refractivity contribution in [3.63, 3.8) is 0 Å². The van der Waals surface area contributed by atoms with Crippen LogP contribution in [0, 0.1) is 0 Å². The van der Waals surface area contributed by atoms with E-state index < -0.39 is 0 Å². The highest BCUT2D eigenvalue weighted by Gasteiger charge is 2.22. The molecule has 4 aromatic rings. The first-order valence-corrected chi connectivity index (χ1v) is 9.86. The summed E-state index contributed by atoms with van der Waals surface area (Å²) in [5.74, 6) is 0.686. The molecular formula is C22H21ClN4O2S. The van der Waals surface area contributed by atoms with Crippen LogP contribution >= 0.6 is 23.7 Å². The zero-order valence-electron chi connectivity index (χ0n) is 16.8. The highest BCUT2D eigenvalue weighted by Crippen LogP contribution is 2.40. The Kier molecular flexibility index (Phi) is 6.54. The first-order chi connectivity index (χ1) is 14.1. The van der Waals surface area contributed by atoms with Crippen molar-refractivity contribution in [2.75, 3.05) is 31.0 Å². The lowest BCUT2D eigenvalue weighted by Gasteiger charge is -2.22. The van der Waals surface area contributed by atoms with E-state index in [2.05, 4.69) is 17.1 Å². The van der Waals surface area contributed by atoms with Crippen LogP contribution in [0.15, 0.2) is 67.0 Å². The van der Waals surface area contributed by atoms with Gasteiger partial charge in [0.15, 0.2) is 5.13 Å². The minimum Gasteiger partial charge on any atom is -0.494 e. The van der Waals surface area contributed by atoms with E-state index in [9.17, 15) is 4.79 Å². The maximum atomic E-state index is 13.0. The molecule has 0 N–H and O–H groups in total. The smallest absolute Gasteiger partial charge is 0.330 e. The molecule has 0 aliphatic rings. The number of amides is 2. The number of hydrogen-bond donors (Lipinski definition) is 0. The fraction of sp³-hybridized carbons (Fsp3) is 0.136. The molecule has 2 amide bonds. The summed E-state index contributed by atoms with van der Waals surface area (Å²) in [5, 5.41) is 0.604. The number of methoxy groups -OCH3 is 1. The predicted molar refractivity (Wildman–Crippen MR) is 125 cm³/mol. The van der Waals surface area contributed by atoms with Crippen molar-refractivity contribution >= 4 is 50.8 Å². The third kappa shape index (κ3) is 3.94. The Morgan fingerprint density at radius 3 is 2.33 bits per heavy atom. The molecule has 0 spiro atoms. The number of carbonyl (C=O) groups is 1. The molecule has 0 radical (unpaired) electrons. The first-order valence-electron chi connectivity index (χ1n) is 9.04. The van der Waals surface area contributed by atoms with Crippen LogP contribution < -0.4 is 14.5 Å². The Morgan fingerprint density at radius 1 is 0.967 bits per heavy atom. The molecule has 154 valence electrons. The van der Waals surface area contributed by atoms with Crippen molar-refractivity contribution in [3.05, 3.63) is 67.0 Å². The second-order valence-electron chi connectivity index (χ2n) is 6.46. The van der Waals surface area contributed by atoms with Crippen molar-refractivity contribution in [1.82, 2.24) is 9.97 Å². The SMILES string of the molecule is COc1ccc(-c2ccccc2)c2sc(N(C)C(=O)N(C)c3ccncc3)nc12.Cl. The van der Waals surface area contributed by atoms with E-state index in [0.717, 1.165) is 27.0 Å². The normalized spacial score (nSPS) is 10.4. The van der Waals surface area contributed by atoms with Crippen LogP contribution in [-0.4, -0.2) is 37.2 Å². The van der Waals surface area contributed by atoms with Crippen LogP contribution in [0.3, 0.4) is 0 Å². The summed E-state index contributed by atoms with van der Waals surface area (Å²) in [7, 11) is 5.09. The molecule has 8 heteroatoms. The summed E-state index contributed by atoms with van der Waals surface area (Å²) in [6.07, 6.45) is 3.32. The quantitative estimate of drug-likeness (QED) is 0.421. The molecule has 0 saturated carbocycles. The van der Waals surface area contributed by atoms with E-state index in [1.807, 2.05) is 30.3 Å². The Balaban J connectivity index is 0.00000256. The highest BCUT2D eigenvalue weighted by atomic mass is 35.5. The molecule has 4 rings (SSSR count). The molecule has 30 heavy (non-hydrogen) atoms. The molecule has 2 aromatic carbocycles. The second kappa shape index (κ2) is 9.11. The topological polar surface area (TPSA) is 58.6 Å². The number of anilines is 2. The summed E-state index contributed by atoms with van der Waals surface area (Å²) in [4.78, 5) is 24.9. The molecular weight excluding hydrogens is 420 g/mol. The monoisotopic (exact) mass is 440 g/mol. The van der Waals surface area contributed by atoms with Gasteiger partial charge in [0.25, 0.3) is 0 Å². The van der Waals surface area contributed by atoms with Gasteiger partial charge >= 0.3 is 6.03 Å². The van der Waals surface area contributed by atoms with E-state index in [4.69, 9.17) is 9.72 Å². The second-order valence-corrected chi connectivity index (χ2v) is 7.44. The molecule has 0 saturated heterocycles. The van der Waals surface area contributed by atoms with Crippen LogP contribution in [0.4, 0.5) is 15.6 Å². The lowest BCUT2D eigenvalue weighted by atomic mass is 10.1. The van der Waals surface area contributed by atoms with Gasteiger partial charge in [-0.05, 0) is 29.8 Å². The zero-order valence-corrected chi connectivity index (χ0v) is 18.4. The van der Waals surface area contributed by atoms with Gasteiger partial charge in [0.2, 0.25) is 0 Å². The number of halogens is 1. The number of urea groups is 1. The Labute approximate surface area is 185 Å². The van der Waals surface area contributed by atoms with E-state index in [-0.39, 0.29) is 18.4 Å². The predicted octanol–water partition coefficient (Wildman–Crippen LogP) is 5.48. The van der Waals surface area contributed by atoms with Gasteiger partial charge in [-0.2, -0.15) is 0 Å². The average molecular weight is 441 g/mol. The van der Waals surface area contributed by atoms with Gasteiger partial charge in [0.1, 0.15) is 11.3 Å². The number of pyridine rings is 1. The molecule has 2 heterocycles.